The molecule has 1 saturated heterocycles. The van der Waals surface area contributed by atoms with Gasteiger partial charge in [-0.05, 0) is 103 Å². The number of imide groups is 1. The molecule has 2 atom stereocenters. The first-order valence-electron chi connectivity index (χ1n) is 18.6. The van der Waals surface area contributed by atoms with E-state index in [0.717, 1.165) is 12.1 Å². The first-order chi connectivity index (χ1) is 26.4. The van der Waals surface area contributed by atoms with Gasteiger partial charge in [-0.1, -0.05) is 32.0 Å². The molecule has 0 radical (unpaired) electrons. The van der Waals surface area contributed by atoms with Crippen LogP contribution in [0.5, 0.6) is 0 Å². The predicted molar refractivity (Wildman–Crippen MR) is 211 cm³/mol. The number of pyridine rings is 1. The van der Waals surface area contributed by atoms with Crippen LogP contribution in [0, 0.1) is 18.6 Å². The lowest BCUT2D eigenvalue weighted by Crippen LogP contribution is -2.58. The first-order valence-corrected chi connectivity index (χ1v) is 18.6. The van der Waals surface area contributed by atoms with Crippen molar-refractivity contribution >= 4 is 40.8 Å². The standard InChI is InChI=1S/C41H50F2N6O8/c1-21(2)26-16-25(20-50)15-22(3)33(26)49-35-27(34(45-36(49)51)46-18-24(5)47(37(52)53)19-23(46)4)17-29(43)32(44-35)31-28(42)13-12-14-30(31)48(38(54)56-40(6,7)8)39(55)57-41(9,10)11/h12-17,21,23-24,50H,18-20H2,1-11H3,(H,52,53). The predicted octanol–water partition coefficient (Wildman–Crippen LogP) is 7.90. The smallest absolute Gasteiger partial charge is 0.424 e. The molecule has 0 saturated carbocycles. The van der Waals surface area contributed by atoms with Gasteiger partial charge in [0.2, 0.25) is 0 Å². The molecule has 3 heterocycles. The lowest BCUT2D eigenvalue weighted by atomic mass is 9.95. The number of amides is 3. The highest BCUT2D eigenvalue weighted by Gasteiger charge is 2.38. The molecule has 306 valence electrons. The molecule has 5 rings (SSSR count). The van der Waals surface area contributed by atoms with Gasteiger partial charge in [0, 0.05) is 25.2 Å². The maximum atomic E-state index is 17.0. The Morgan fingerprint density at radius 1 is 0.930 bits per heavy atom. The summed E-state index contributed by atoms with van der Waals surface area (Å²) in [6.07, 6.45) is -3.56. The minimum atomic E-state index is -1.22. The third kappa shape index (κ3) is 8.70. The number of ether oxygens (including phenoxy) is 2. The number of aromatic nitrogens is 3. The van der Waals surface area contributed by atoms with E-state index in [2.05, 4.69) is 9.97 Å². The van der Waals surface area contributed by atoms with Crippen molar-refractivity contribution in [3.63, 3.8) is 0 Å². The molecule has 2 unspecified atom stereocenters. The second-order valence-electron chi connectivity index (χ2n) is 16.6. The van der Waals surface area contributed by atoms with E-state index < -0.39 is 75.8 Å². The molecule has 57 heavy (non-hydrogen) atoms. The van der Waals surface area contributed by atoms with E-state index in [4.69, 9.17) is 9.47 Å². The van der Waals surface area contributed by atoms with Gasteiger partial charge in [0.25, 0.3) is 0 Å². The Morgan fingerprint density at radius 3 is 2.09 bits per heavy atom. The summed E-state index contributed by atoms with van der Waals surface area (Å²) in [5.41, 5.74) is -2.73. The van der Waals surface area contributed by atoms with Crippen LogP contribution < -0.4 is 15.5 Å². The molecule has 1 fully saturated rings. The van der Waals surface area contributed by atoms with Gasteiger partial charge in [-0.3, -0.25) is 0 Å². The number of aliphatic hydroxyl groups is 1. The third-order valence-corrected chi connectivity index (χ3v) is 9.34. The summed E-state index contributed by atoms with van der Waals surface area (Å²) in [5.74, 6) is -2.32. The molecular weight excluding hydrogens is 742 g/mol. The second-order valence-corrected chi connectivity index (χ2v) is 16.6. The van der Waals surface area contributed by atoms with Gasteiger partial charge < -0.3 is 29.5 Å². The van der Waals surface area contributed by atoms with Crippen LogP contribution in [0.1, 0.15) is 91.8 Å². The Bertz CT molecular complexity index is 2270. The normalized spacial score (nSPS) is 16.3. The summed E-state index contributed by atoms with van der Waals surface area (Å²) < 4.78 is 45.6. The molecule has 3 amide bonds. The third-order valence-electron chi connectivity index (χ3n) is 9.34. The zero-order chi connectivity index (χ0) is 42.5. The molecule has 14 nitrogen and oxygen atoms in total. The van der Waals surface area contributed by atoms with Crippen molar-refractivity contribution in [1.29, 1.82) is 0 Å². The van der Waals surface area contributed by atoms with Crippen molar-refractivity contribution in [2.45, 2.75) is 112 Å². The van der Waals surface area contributed by atoms with Crippen LogP contribution in [-0.4, -0.2) is 84.3 Å². The first kappa shape index (κ1) is 42.5. The van der Waals surface area contributed by atoms with Crippen molar-refractivity contribution in [3.05, 3.63) is 75.2 Å². The lowest BCUT2D eigenvalue weighted by molar-refractivity contribution is 0.0430. The summed E-state index contributed by atoms with van der Waals surface area (Å²) in [7, 11) is 0. The number of aliphatic hydroxyl groups excluding tert-OH is 1. The Labute approximate surface area is 329 Å². The van der Waals surface area contributed by atoms with Crippen molar-refractivity contribution in [3.8, 4) is 16.9 Å². The van der Waals surface area contributed by atoms with Crippen LogP contribution in [0.3, 0.4) is 0 Å². The highest BCUT2D eigenvalue weighted by molar-refractivity contribution is 6.12. The molecular formula is C41H50F2N6O8. The Hall–Kier alpha value is -5.64. The fourth-order valence-electron chi connectivity index (χ4n) is 6.93. The summed E-state index contributed by atoms with van der Waals surface area (Å²) in [5, 5.41) is 19.9. The van der Waals surface area contributed by atoms with Gasteiger partial charge in [-0.2, -0.15) is 9.88 Å². The van der Waals surface area contributed by atoms with E-state index in [1.165, 1.54) is 21.6 Å². The van der Waals surface area contributed by atoms with Crippen LogP contribution in [0.15, 0.2) is 41.2 Å². The number of rotatable bonds is 6. The molecule has 2 aromatic heterocycles. The largest absolute Gasteiger partial charge is 0.465 e. The zero-order valence-corrected chi connectivity index (χ0v) is 34.1. The number of hydrogen-bond acceptors (Lipinski definition) is 10. The minimum Gasteiger partial charge on any atom is -0.465 e. The number of benzene rings is 2. The molecule has 4 aromatic rings. The van der Waals surface area contributed by atoms with Crippen LogP contribution in [0.4, 0.5) is 34.7 Å². The number of piperazine rings is 1. The number of nitrogens with zero attached hydrogens (tertiary/aromatic N) is 6. The number of halogens is 2. The monoisotopic (exact) mass is 792 g/mol. The summed E-state index contributed by atoms with van der Waals surface area (Å²) in [4.78, 5) is 66.6. The SMILES string of the molecule is Cc1cc(CO)cc(C(C)C)c1-n1c(=O)nc(N2CC(C)N(C(=O)O)CC2C)c2cc(F)c(-c3c(F)cccc3N(C(=O)OC(C)(C)C)C(=O)OC(C)(C)C)nc21. The average molecular weight is 793 g/mol. The van der Waals surface area contributed by atoms with Gasteiger partial charge >= 0.3 is 24.0 Å². The number of fused-ring (bicyclic) bond motifs is 1. The van der Waals surface area contributed by atoms with E-state index in [1.54, 1.807) is 79.3 Å². The van der Waals surface area contributed by atoms with E-state index in [9.17, 15) is 29.4 Å². The summed E-state index contributed by atoms with van der Waals surface area (Å²) in [6.45, 7) is 18.3. The summed E-state index contributed by atoms with van der Waals surface area (Å²) in [6, 6.07) is 6.91. The maximum absolute atomic E-state index is 17.0. The highest BCUT2D eigenvalue weighted by Crippen LogP contribution is 2.39. The number of anilines is 2. The molecule has 2 aromatic carbocycles. The van der Waals surface area contributed by atoms with Gasteiger partial charge in [-0.15, -0.1) is 0 Å². The fraction of sp³-hybridized carbons (Fsp3) is 0.463. The topological polar surface area (TPSA) is 168 Å². The highest BCUT2D eigenvalue weighted by atomic mass is 19.1. The molecule has 0 spiro atoms. The summed E-state index contributed by atoms with van der Waals surface area (Å²) >= 11 is 0. The van der Waals surface area contributed by atoms with E-state index in [-0.39, 0.29) is 42.5 Å². The molecule has 0 aliphatic carbocycles. The number of carbonyl (C=O) groups is 3. The Morgan fingerprint density at radius 2 is 1.54 bits per heavy atom. The zero-order valence-electron chi connectivity index (χ0n) is 34.1. The molecule has 1 aliphatic heterocycles. The number of hydrogen-bond donors (Lipinski definition) is 2. The average Bonchev–Trinajstić information content (AvgIpc) is 3.07. The van der Waals surface area contributed by atoms with Crippen molar-refractivity contribution < 1.29 is 42.9 Å². The van der Waals surface area contributed by atoms with Gasteiger partial charge in [0.05, 0.1) is 28.9 Å². The number of carbonyl (C=O) groups excluding carboxylic acids is 2. The molecule has 0 bridgehead atoms. The Balaban J connectivity index is 1.90. The van der Waals surface area contributed by atoms with E-state index >= 15 is 8.78 Å². The van der Waals surface area contributed by atoms with Gasteiger partial charge in [-0.25, -0.2) is 37.5 Å². The van der Waals surface area contributed by atoms with Crippen LogP contribution in [-0.2, 0) is 16.1 Å². The van der Waals surface area contributed by atoms with E-state index in [1.807, 2.05) is 13.8 Å². The quantitative estimate of drug-likeness (QED) is 0.195. The van der Waals surface area contributed by atoms with Crippen molar-refractivity contribution in [2.24, 2.45) is 0 Å². The van der Waals surface area contributed by atoms with Crippen LogP contribution in [0.2, 0.25) is 0 Å². The van der Waals surface area contributed by atoms with Gasteiger partial charge in [0.15, 0.2) is 11.5 Å². The second kappa shape index (κ2) is 15.7. The number of aryl methyl sites for hydroxylation is 1. The minimum absolute atomic E-state index is 0.0298. The lowest BCUT2D eigenvalue weighted by Gasteiger charge is -2.43. The molecule has 16 heteroatoms. The van der Waals surface area contributed by atoms with Crippen molar-refractivity contribution in [2.75, 3.05) is 22.9 Å². The molecule has 2 N–H and O–H groups in total. The van der Waals surface area contributed by atoms with Crippen LogP contribution in [0.25, 0.3) is 28.0 Å². The van der Waals surface area contributed by atoms with Crippen molar-refractivity contribution in [1.82, 2.24) is 19.4 Å². The maximum Gasteiger partial charge on any atom is 0.424 e. The fourth-order valence-corrected chi connectivity index (χ4v) is 6.93. The molecule has 1 aliphatic rings. The van der Waals surface area contributed by atoms with E-state index in [0.29, 0.717) is 27.3 Å². The van der Waals surface area contributed by atoms with Crippen LogP contribution >= 0.6 is 0 Å². The number of carboxylic acid groups (broad SMARTS) is 1. The Kier molecular flexibility index (Phi) is 11.7. The van der Waals surface area contributed by atoms with Gasteiger partial charge in [0.1, 0.15) is 28.5 Å².